The molecule has 0 atom stereocenters. The number of H-pyrrole nitrogens is 1. The summed E-state index contributed by atoms with van der Waals surface area (Å²) in [6.45, 7) is 8.00. The van der Waals surface area contributed by atoms with Gasteiger partial charge in [0.1, 0.15) is 11.8 Å². The zero-order valence-corrected chi connectivity index (χ0v) is 13.7. The summed E-state index contributed by atoms with van der Waals surface area (Å²) in [5, 5.41) is 0. The van der Waals surface area contributed by atoms with Crippen molar-refractivity contribution in [2.75, 3.05) is 13.1 Å². The van der Waals surface area contributed by atoms with E-state index in [9.17, 15) is 9.59 Å². The summed E-state index contributed by atoms with van der Waals surface area (Å²) < 4.78 is 0. The first-order valence-electron chi connectivity index (χ1n) is 7.85. The van der Waals surface area contributed by atoms with Crippen LogP contribution < -0.4 is 5.56 Å². The average Bonchev–Trinajstić information content (AvgIpc) is 2.53. The molecule has 23 heavy (non-hydrogen) atoms. The van der Waals surface area contributed by atoms with Gasteiger partial charge in [0.25, 0.3) is 11.5 Å². The van der Waals surface area contributed by atoms with Gasteiger partial charge >= 0.3 is 0 Å². The number of hydrogen-bond acceptors (Lipinski definition) is 5. The Morgan fingerprint density at radius 1 is 1.30 bits per heavy atom. The number of rotatable bonds is 1. The van der Waals surface area contributed by atoms with E-state index in [0.717, 1.165) is 12.8 Å². The summed E-state index contributed by atoms with van der Waals surface area (Å²) in [6, 6.07) is 0. The molecular formula is C16H21N5O2. The number of carbonyl (C=O) groups excluding carboxylic acids is 1. The number of amides is 1. The highest BCUT2D eigenvalue weighted by atomic mass is 16.2. The minimum atomic E-state index is -0.501. The van der Waals surface area contributed by atoms with Crippen LogP contribution in [0.1, 0.15) is 44.1 Å². The van der Waals surface area contributed by atoms with E-state index in [1.165, 1.54) is 12.5 Å². The van der Waals surface area contributed by atoms with Crippen LogP contribution in [0.2, 0.25) is 0 Å². The van der Waals surface area contributed by atoms with Gasteiger partial charge in [-0.3, -0.25) is 9.59 Å². The molecule has 1 N–H and O–H groups in total. The van der Waals surface area contributed by atoms with Gasteiger partial charge in [0.2, 0.25) is 0 Å². The van der Waals surface area contributed by atoms with Crippen LogP contribution >= 0.6 is 0 Å². The standard InChI is InChI=1S/C16H21N5O2/c1-16(2,3)10-4-6-21(7-5-10)15(23)12-14(22)20-13-11(19-12)8-17-9-18-13/h8-10H,4-7H2,1-3H3,(H,17,18,20,22). The largest absolute Gasteiger partial charge is 0.337 e. The zero-order chi connectivity index (χ0) is 16.6. The third kappa shape index (κ3) is 3.09. The SMILES string of the molecule is CC(C)(C)C1CCN(C(=O)c2nc3cncnc3[nH]c2=O)CC1. The number of aromatic amines is 1. The van der Waals surface area contributed by atoms with Gasteiger partial charge in [0, 0.05) is 13.1 Å². The maximum absolute atomic E-state index is 12.6. The van der Waals surface area contributed by atoms with Crippen molar-refractivity contribution in [1.29, 1.82) is 0 Å². The predicted molar refractivity (Wildman–Crippen MR) is 86.0 cm³/mol. The molecule has 0 spiro atoms. The lowest BCUT2D eigenvalue weighted by atomic mass is 9.75. The molecule has 0 saturated carbocycles. The molecule has 3 rings (SSSR count). The van der Waals surface area contributed by atoms with Gasteiger partial charge < -0.3 is 9.88 Å². The van der Waals surface area contributed by atoms with E-state index < -0.39 is 5.56 Å². The smallest absolute Gasteiger partial charge is 0.281 e. The molecule has 2 aromatic heterocycles. The second kappa shape index (κ2) is 5.72. The maximum atomic E-state index is 12.6. The summed E-state index contributed by atoms with van der Waals surface area (Å²) in [5.74, 6) is 0.271. The lowest BCUT2D eigenvalue weighted by Gasteiger charge is -2.38. The molecule has 122 valence electrons. The van der Waals surface area contributed by atoms with Crippen molar-refractivity contribution in [3.05, 3.63) is 28.6 Å². The van der Waals surface area contributed by atoms with Crippen LogP contribution in [0.25, 0.3) is 11.2 Å². The van der Waals surface area contributed by atoms with Gasteiger partial charge in [0.15, 0.2) is 11.3 Å². The van der Waals surface area contributed by atoms with Gasteiger partial charge in [-0.2, -0.15) is 0 Å². The predicted octanol–water partition coefficient (Wildman–Crippen LogP) is 1.61. The van der Waals surface area contributed by atoms with E-state index in [2.05, 4.69) is 40.7 Å². The highest BCUT2D eigenvalue weighted by Gasteiger charge is 2.31. The monoisotopic (exact) mass is 315 g/mol. The molecule has 3 heterocycles. The van der Waals surface area contributed by atoms with Crippen LogP contribution in [-0.4, -0.2) is 43.8 Å². The molecule has 0 radical (unpaired) electrons. The van der Waals surface area contributed by atoms with Gasteiger partial charge in [-0.25, -0.2) is 15.0 Å². The first-order valence-corrected chi connectivity index (χ1v) is 7.85. The minimum absolute atomic E-state index is 0.0819. The first-order chi connectivity index (χ1) is 10.9. The van der Waals surface area contributed by atoms with E-state index in [4.69, 9.17) is 0 Å². The summed E-state index contributed by atoms with van der Waals surface area (Å²) in [7, 11) is 0. The molecular weight excluding hydrogens is 294 g/mol. The van der Waals surface area contributed by atoms with Crippen LogP contribution in [0.4, 0.5) is 0 Å². The quantitative estimate of drug-likeness (QED) is 0.863. The Morgan fingerprint density at radius 2 is 2.00 bits per heavy atom. The van der Waals surface area contributed by atoms with Gasteiger partial charge in [-0.05, 0) is 24.2 Å². The Kier molecular flexibility index (Phi) is 3.87. The van der Waals surface area contributed by atoms with Crippen molar-refractivity contribution in [2.45, 2.75) is 33.6 Å². The van der Waals surface area contributed by atoms with E-state index in [1.54, 1.807) is 4.90 Å². The van der Waals surface area contributed by atoms with Crippen LogP contribution in [-0.2, 0) is 0 Å². The van der Waals surface area contributed by atoms with Crippen LogP contribution in [0.15, 0.2) is 17.3 Å². The average molecular weight is 315 g/mol. The molecule has 0 unspecified atom stereocenters. The molecule has 0 aliphatic carbocycles. The number of likely N-dealkylation sites (tertiary alicyclic amines) is 1. The van der Waals surface area contributed by atoms with E-state index >= 15 is 0 Å². The fourth-order valence-corrected chi connectivity index (χ4v) is 3.08. The Hall–Kier alpha value is -2.31. The fraction of sp³-hybridized carbons (Fsp3) is 0.562. The number of aromatic nitrogens is 4. The molecule has 7 heteroatoms. The number of piperidine rings is 1. The van der Waals surface area contributed by atoms with Gasteiger partial charge in [-0.15, -0.1) is 0 Å². The highest BCUT2D eigenvalue weighted by molar-refractivity contribution is 5.93. The summed E-state index contributed by atoms with van der Waals surface area (Å²) in [6.07, 6.45) is 4.72. The van der Waals surface area contributed by atoms with Gasteiger partial charge in [0.05, 0.1) is 6.20 Å². The summed E-state index contributed by atoms with van der Waals surface area (Å²) in [4.78, 5) is 41.0. The number of nitrogens with zero attached hydrogens (tertiary/aromatic N) is 4. The number of carbonyl (C=O) groups is 1. The second-order valence-electron chi connectivity index (χ2n) is 7.10. The topological polar surface area (TPSA) is 91.8 Å². The Morgan fingerprint density at radius 3 is 2.65 bits per heavy atom. The number of nitrogens with one attached hydrogen (secondary N) is 1. The second-order valence-corrected chi connectivity index (χ2v) is 7.10. The highest BCUT2D eigenvalue weighted by Crippen LogP contribution is 2.34. The Balaban J connectivity index is 1.82. The molecule has 1 saturated heterocycles. The van der Waals surface area contributed by atoms with Crippen LogP contribution in [0, 0.1) is 11.3 Å². The molecule has 1 fully saturated rings. The van der Waals surface area contributed by atoms with Crippen LogP contribution in [0.5, 0.6) is 0 Å². The first kappa shape index (κ1) is 15.6. The normalized spacial score (nSPS) is 16.7. The molecule has 0 bridgehead atoms. The third-order valence-corrected chi connectivity index (χ3v) is 4.58. The lowest BCUT2D eigenvalue weighted by Crippen LogP contribution is -2.43. The van der Waals surface area contributed by atoms with E-state index in [0.29, 0.717) is 30.2 Å². The molecule has 1 aliphatic rings. The molecule has 2 aromatic rings. The van der Waals surface area contributed by atoms with E-state index in [1.807, 2.05) is 0 Å². The van der Waals surface area contributed by atoms with Crippen molar-refractivity contribution in [2.24, 2.45) is 11.3 Å². The van der Waals surface area contributed by atoms with Crippen molar-refractivity contribution in [3.8, 4) is 0 Å². The van der Waals surface area contributed by atoms with Crippen molar-refractivity contribution in [1.82, 2.24) is 24.8 Å². The van der Waals surface area contributed by atoms with Crippen molar-refractivity contribution < 1.29 is 4.79 Å². The summed E-state index contributed by atoms with van der Waals surface area (Å²) in [5.41, 5.74) is 0.416. The Labute approximate surface area is 134 Å². The van der Waals surface area contributed by atoms with E-state index in [-0.39, 0.29) is 17.0 Å². The number of hydrogen-bond donors (Lipinski definition) is 1. The molecule has 1 aliphatic heterocycles. The van der Waals surface area contributed by atoms with Crippen LogP contribution in [0.3, 0.4) is 0 Å². The Bertz CT molecular complexity index is 785. The molecule has 0 aromatic carbocycles. The minimum Gasteiger partial charge on any atom is -0.337 e. The van der Waals surface area contributed by atoms with Crippen molar-refractivity contribution >= 4 is 17.1 Å². The lowest BCUT2D eigenvalue weighted by molar-refractivity contribution is 0.0601. The number of fused-ring (bicyclic) bond motifs is 1. The summed E-state index contributed by atoms with van der Waals surface area (Å²) >= 11 is 0. The molecule has 1 amide bonds. The van der Waals surface area contributed by atoms with Crippen molar-refractivity contribution in [3.63, 3.8) is 0 Å². The third-order valence-electron chi connectivity index (χ3n) is 4.58. The maximum Gasteiger partial charge on any atom is 0.281 e. The fourth-order valence-electron chi connectivity index (χ4n) is 3.08. The van der Waals surface area contributed by atoms with Gasteiger partial charge in [-0.1, -0.05) is 20.8 Å². The zero-order valence-electron chi connectivity index (χ0n) is 13.7. The molecule has 7 nitrogen and oxygen atoms in total.